The van der Waals surface area contributed by atoms with E-state index in [0.29, 0.717) is 6.42 Å². The van der Waals surface area contributed by atoms with Crippen LogP contribution in [0.2, 0.25) is 0 Å². The standard InChI is InChI=1S/C15H14O2/c1-3-14(16)10-9-12-7-5-6-8-13(11-12)15(17)4-2/h1-2,5-10,14-17H,11H2/b10-9+. The maximum Gasteiger partial charge on any atom is 0.136 e. The minimum absolute atomic E-state index is 0.534. The van der Waals surface area contributed by atoms with Gasteiger partial charge in [0.15, 0.2) is 0 Å². The molecule has 0 aromatic rings. The van der Waals surface area contributed by atoms with Crippen molar-refractivity contribution in [2.45, 2.75) is 18.6 Å². The normalized spacial score (nSPS) is 18.6. The molecule has 1 aliphatic rings. The first kappa shape index (κ1) is 13.1. The van der Waals surface area contributed by atoms with Crippen molar-refractivity contribution in [3.05, 3.63) is 47.6 Å². The smallest absolute Gasteiger partial charge is 0.136 e. The quantitative estimate of drug-likeness (QED) is 0.713. The van der Waals surface area contributed by atoms with Crippen molar-refractivity contribution in [3.63, 3.8) is 0 Å². The molecular formula is C15H14O2. The van der Waals surface area contributed by atoms with Crippen LogP contribution in [0, 0.1) is 24.7 Å². The van der Waals surface area contributed by atoms with Crippen LogP contribution in [0.4, 0.5) is 0 Å². The molecule has 1 rings (SSSR count). The maximum atomic E-state index is 9.58. The summed E-state index contributed by atoms with van der Waals surface area (Å²) in [6.07, 6.45) is 19.6. The van der Waals surface area contributed by atoms with Gasteiger partial charge in [0.25, 0.3) is 0 Å². The van der Waals surface area contributed by atoms with Crippen molar-refractivity contribution in [2.24, 2.45) is 0 Å². The van der Waals surface area contributed by atoms with Crippen molar-refractivity contribution in [1.82, 2.24) is 0 Å². The summed E-state index contributed by atoms with van der Waals surface area (Å²) in [6, 6.07) is 0. The molecule has 0 saturated carbocycles. The second-order valence-electron chi connectivity index (χ2n) is 3.58. The molecule has 0 fully saturated rings. The molecule has 2 atom stereocenters. The van der Waals surface area contributed by atoms with Gasteiger partial charge >= 0.3 is 0 Å². The molecular weight excluding hydrogens is 212 g/mol. The molecule has 0 saturated heterocycles. The minimum Gasteiger partial charge on any atom is -0.377 e. The SMILES string of the molecule is C#CC(O)/C=C/C1=CC=CC=C(C(O)C#C)C1. The maximum absolute atomic E-state index is 9.58. The van der Waals surface area contributed by atoms with Gasteiger partial charge in [0.2, 0.25) is 0 Å². The van der Waals surface area contributed by atoms with E-state index >= 15 is 0 Å². The van der Waals surface area contributed by atoms with Gasteiger partial charge in [-0.25, -0.2) is 0 Å². The molecule has 2 heteroatoms. The zero-order valence-corrected chi connectivity index (χ0v) is 9.38. The Morgan fingerprint density at radius 2 is 1.88 bits per heavy atom. The van der Waals surface area contributed by atoms with Crippen molar-refractivity contribution in [3.8, 4) is 24.7 Å². The molecule has 0 spiro atoms. The fourth-order valence-electron chi connectivity index (χ4n) is 1.39. The fourth-order valence-corrected chi connectivity index (χ4v) is 1.39. The number of aliphatic hydroxyl groups is 2. The zero-order chi connectivity index (χ0) is 12.7. The second-order valence-corrected chi connectivity index (χ2v) is 3.58. The summed E-state index contributed by atoms with van der Waals surface area (Å²) in [4.78, 5) is 0. The van der Waals surface area contributed by atoms with Gasteiger partial charge in [-0.15, -0.1) is 12.8 Å². The largest absolute Gasteiger partial charge is 0.377 e. The molecule has 86 valence electrons. The van der Waals surface area contributed by atoms with E-state index in [2.05, 4.69) is 11.8 Å². The van der Waals surface area contributed by atoms with Gasteiger partial charge in [0, 0.05) is 0 Å². The summed E-state index contributed by atoms with van der Waals surface area (Å²) < 4.78 is 0. The van der Waals surface area contributed by atoms with Crippen molar-refractivity contribution in [2.75, 3.05) is 0 Å². The van der Waals surface area contributed by atoms with E-state index < -0.39 is 12.2 Å². The molecule has 2 N–H and O–H groups in total. The first-order valence-electron chi connectivity index (χ1n) is 5.20. The third kappa shape index (κ3) is 4.17. The van der Waals surface area contributed by atoms with Gasteiger partial charge in [-0.3, -0.25) is 0 Å². The second kappa shape index (κ2) is 6.55. The molecule has 0 aromatic heterocycles. The van der Waals surface area contributed by atoms with Crippen molar-refractivity contribution in [1.29, 1.82) is 0 Å². The summed E-state index contributed by atoms with van der Waals surface area (Å²) >= 11 is 0. The van der Waals surface area contributed by atoms with Crippen molar-refractivity contribution < 1.29 is 10.2 Å². The van der Waals surface area contributed by atoms with Crippen LogP contribution in [0.3, 0.4) is 0 Å². The zero-order valence-electron chi connectivity index (χ0n) is 9.38. The van der Waals surface area contributed by atoms with Crippen LogP contribution in [0.5, 0.6) is 0 Å². The highest BCUT2D eigenvalue weighted by molar-refractivity contribution is 5.38. The van der Waals surface area contributed by atoms with Gasteiger partial charge < -0.3 is 10.2 Å². The van der Waals surface area contributed by atoms with Gasteiger partial charge in [-0.05, 0) is 23.6 Å². The Kier molecular flexibility index (Phi) is 5.04. The molecule has 0 amide bonds. The van der Waals surface area contributed by atoms with E-state index in [4.69, 9.17) is 12.8 Å². The first-order chi connectivity index (χ1) is 8.17. The molecule has 0 heterocycles. The van der Waals surface area contributed by atoms with Crippen LogP contribution in [0.1, 0.15) is 6.42 Å². The van der Waals surface area contributed by atoms with Gasteiger partial charge in [-0.1, -0.05) is 42.2 Å². The Hall–Kier alpha value is -2.00. The monoisotopic (exact) mass is 226 g/mol. The third-order valence-corrected chi connectivity index (χ3v) is 2.31. The highest BCUT2D eigenvalue weighted by Gasteiger charge is 2.09. The van der Waals surface area contributed by atoms with E-state index in [1.54, 1.807) is 12.2 Å². The highest BCUT2D eigenvalue weighted by atomic mass is 16.3. The lowest BCUT2D eigenvalue weighted by atomic mass is 10.0. The van der Waals surface area contributed by atoms with Crippen LogP contribution >= 0.6 is 0 Å². The molecule has 1 aliphatic carbocycles. The van der Waals surface area contributed by atoms with Crippen LogP contribution in [0.15, 0.2) is 47.6 Å². The van der Waals surface area contributed by atoms with Gasteiger partial charge in [0.05, 0.1) is 0 Å². The van der Waals surface area contributed by atoms with E-state index in [1.165, 1.54) is 6.08 Å². The molecule has 17 heavy (non-hydrogen) atoms. The predicted molar refractivity (Wildman–Crippen MR) is 68.7 cm³/mol. The van der Waals surface area contributed by atoms with E-state index in [9.17, 15) is 10.2 Å². The molecule has 0 radical (unpaired) electrons. The molecule has 0 aromatic carbocycles. The first-order valence-corrected chi connectivity index (χ1v) is 5.20. The lowest BCUT2D eigenvalue weighted by molar-refractivity contribution is 0.266. The van der Waals surface area contributed by atoms with E-state index in [1.807, 2.05) is 18.2 Å². The Morgan fingerprint density at radius 3 is 2.53 bits per heavy atom. The Labute approximate surface area is 102 Å². The Morgan fingerprint density at radius 1 is 1.18 bits per heavy atom. The van der Waals surface area contributed by atoms with Gasteiger partial charge in [0.1, 0.15) is 12.2 Å². The number of hydrogen-bond acceptors (Lipinski definition) is 2. The topological polar surface area (TPSA) is 40.5 Å². The number of terminal acetylenes is 2. The molecule has 0 aliphatic heterocycles. The number of hydrogen-bond donors (Lipinski definition) is 2. The Bertz CT molecular complexity index is 464. The molecule has 0 bridgehead atoms. The Balaban J connectivity index is 2.79. The van der Waals surface area contributed by atoms with E-state index in [0.717, 1.165) is 11.1 Å². The number of aliphatic hydroxyl groups excluding tert-OH is 2. The summed E-state index contributed by atoms with van der Waals surface area (Å²) in [5.74, 6) is 4.47. The van der Waals surface area contributed by atoms with Crippen LogP contribution < -0.4 is 0 Å². The van der Waals surface area contributed by atoms with Crippen LogP contribution in [0.25, 0.3) is 0 Å². The summed E-state index contributed by atoms with van der Waals surface area (Å²) in [6.45, 7) is 0. The summed E-state index contributed by atoms with van der Waals surface area (Å²) in [5, 5.41) is 18.8. The average molecular weight is 226 g/mol. The molecule has 2 nitrogen and oxygen atoms in total. The fraction of sp³-hybridized carbons (Fsp3) is 0.200. The molecule has 2 unspecified atom stereocenters. The number of rotatable bonds is 3. The van der Waals surface area contributed by atoms with Crippen LogP contribution in [-0.4, -0.2) is 22.4 Å². The van der Waals surface area contributed by atoms with Gasteiger partial charge in [-0.2, -0.15) is 0 Å². The van der Waals surface area contributed by atoms with Crippen molar-refractivity contribution >= 4 is 0 Å². The van der Waals surface area contributed by atoms with Crippen LogP contribution in [-0.2, 0) is 0 Å². The van der Waals surface area contributed by atoms with E-state index in [-0.39, 0.29) is 0 Å². The minimum atomic E-state index is -0.895. The number of allylic oxidation sites excluding steroid dienone is 6. The third-order valence-electron chi connectivity index (χ3n) is 2.31. The average Bonchev–Trinajstić information content (AvgIpc) is 2.60. The lowest BCUT2D eigenvalue weighted by Gasteiger charge is -2.09. The summed E-state index contributed by atoms with van der Waals surface area (Å²) in [7, 11) is 0. The lowest BCUT2D eigenvalue weighted by Crippen LogP contribution is -2.07. The summed E-state index contributed by atoms with van der Waals surface area (Å²) in [5.41, 5.74) is 1.67. The predicted octanol–water partition coefficient (Wildman–Crippen LogP) is 1.34. The highest BCUT2D eigenvalue weighted by Crippen LogP contribution is 2.19.